The van der Waals surface area contributed by atoms with Crippen molar-refractivity contribution in [2.45, 2.75) is 45.7 Å². The van der Waals surface area contributed by atoms with Gasteiger partial charge >= 0.3 is 0 Å². The van der Waals surface area contributed by atoms with Gasteiger partial charge in [-0.15, -0.1) is 11.3 Å². The lowest BCUT2D eigenvalue weighted by atomic mass is 9.98. The fraction of sp³-hybridized carbons (Fsp3) is 0.769. The van der Waals surface area contributed by atoms with Crippen LogP contribution in [-0.4, -0.2) is 35.6 Å². The molecule has 0 aliphatic carbocycles. The maximum Gasteiger partial charge on any atom is 0.0982 e. The third-order valence-electron chi connectivity index (χ3n) is 3.03. The average molecular weight is 253 g/mol. The summed E-state index contributed by atoms with van der Waals surface area (Å²) < 4.78 is 0. The van der Waals surface area contributed by atoms with Gasteiger partial charge in [0.15, 0.2) is 0 Å². The maximum atomic E-state index is 4.76. The molecule has 2 rings (SSSR count). The van der Waals surface area contributed by atoms with E-state index in [4.69, 9.17) is 4.98 Å². The molecule has 3 nitrogen and oxygen atoms in total. The van der Waals surface area contributed by atoms with Crippen molar-refractivity contribution < 1.29 is 0 Å². The van der Waals surface area contributed by atoms with Crippen LogP contribution in [0.1, 0.15) is 38.4 Å². The lowest BCUT2D eigenvalue weighted by Crippen LogP contribution is -2.48. The predicted molar refractivity (Wildman–Crippen MR) is 73.6 cm³/mol. The van der Waals surface area contributed by atoms with Gasteiger partial charge < -0.3 is 5.32 Å². The molecule has 0 amide bonds. The molecule has 0 bridgehead atoms. The topological polar surface area (TPSA) is 28.2 Å². The zero-order valence-corrected chi connectivity index (χ0v) is 12.1. The highest BCUT2D eigenvalue weighted by molar-refractivity contribution is 7.09. The Hall–Kier alpha value is -0.450. The number of rotatable bonds is 2. The Morgan fingerprint density at radius 1 is 1.53 bits per heavy atom. The first-order valence-corrected chi connectivity index (χ1v) is 7.24. The lowest BCUT2D eigenvalue weighted by Gasteiger charge is -2.31. The van der Waals surface area contributed by atoms with E-state index in [0.29, 0.717) is 6.04 Å². The van der Waals surface area contributed by atoms with Crippen molar-refractivity contribution >= 4 is 11.3 Å². The summed E-state index contributed by atoms with van der Waals surface area (Å²) in [6.07, 6.45) is 0. The van der Waals surface area contributed by atoms with E-state index in [1.165, 1.54) is 10.7 Å². The van der Waals surface area contributed by atoms with Crippen LogP contribution in [0.3, 0.4) is 0 Å². The first-order valence-electron chi connectivity index (χ1n) is 6.36. The van der Waals surface area contributed by atoms with Crippen LogP contribution >= 0.6 is 11.3 Å². The Balaban J connectivity index is 1.97. The number of piperazine rings is 1. The van der Waals surface area contributed by atoms with Crippen LogP contribution in [0.25, 0.3) is 0 Å². The van der Waals surface area contributed by atoms with Crippen LogP contribution in [0.2, 0.25) is 0 Å². The number of hydrogen-bond acceptors (Lipinski definition) is 4. The predicted octanol–water partition coefficient (Wildman–Crippen LogP) is 2.23. The monoisotopic (exact) mass is 253 g/mol. The molecule has 1 aromatic heterocycles. The number of thiazole rings is 1. The van der Waals surface area contributed by atoms with Gasteiger partial charge in [-0.25, -0.2) is 4.98 Å². The molecule has 1 unspecified atom stereocenters. The van der Waals surface area contributed by atoms with E-state index < -0.39 is 0 Å². The second-order valence-electron chi connectivity index (χ2n) is 5.98. The van der Waals surface area contributed by atoms with Crippen molar-refractivity contribution in [1.82, 2.24) is 15.2 Å². The van der Waals surface area contributed by atoms with Crippen molar-refractivity contribution in [3.05, 3.63) is 16.1 Å². The molecule has 96 valence electrons. The number of aromatic nitrogens is 1. The second-order valence-corrected chi connectivity index (χ2v) is 6.84. The summed E-state index contributed by atoms with van der Waals surface area (Å²) in [6, 6.07) is 0.601. The van der Waals surface area contributed by atoms with Crippen LogP contribution in [0.15, 0.2) is 5.38 Å². The molecule has 1 aliphatic rings. The molecule has 1 atom stereocenters. The molecule has 1 N–H and O–H groups in total. The highest BCUT2D eigenvalue weighted by Crippen LogP contribution is 2.26. The van der Waals surface area contributed by atoms with E-state index >= 15 is 0 Å². The molecule has 1 saturated heterocycles. The maximum absolute atomic E-state index is 4.76. The van der Waals surface area contributed by atoms with Crippen molar-refractivity contribution in [1.29, 1.82) is 0 Å². The van der Waals surface area contributed by atoms with Gasteiger partial charge in [-0.05, 0) is 6.92 Å². The van der Waals surface area contributed by atoms with Crippen LogP contribution in [0.4, 0.5) is 0 Å². The van der Waals surface area contributed by atoms with Gasteiger partial charge in [-0.1, -0.05) is 20.8 Å². The summed E-state index contributed by atoms with van der Waals surface area (Å²) in [5, 5.41) is 6.93. The van der Waals surface area contributed by atoms with Crippen molar-refractivity contribution in [2.75, 3.05) is 19.6 Å². The first-order chi connectivity index (χ1) is 7.95. The quantitative estimate of drug-likeness (QED) is 0.876. The molecule has 4 heteroatoms. The molecule has 0 radical (unpaired) electrons. The highest BCUT2D eigenvalue weighted by atomic mass is 32.1. The zero-order valence-electron chi connectivity index (χ0n) is 11.3. The lowest BCUT2D eigenvalue weighted by molar-refractivity contribution is 0.198. The second kappa shape index (κ2) is 5.04. The van der Waals surface area contributed by atoms with Gasteiger partial charge in [0.2, 0.25) is 0 Å². The van der Waals surface area contributed by atoms with Crippen LogP contribution < -0.4 is 5.32 Å². The summed E-state index contributed by atoms with van der Waals surface area (Å²) >= 11 is 1.79. The van der Waals surface area contributed by atoms with Gasteiger partial charge in [0.25, 0.3) is 0 Å². The summed E-state index contributed by atoms with van der Waals surface area (Å²) in [7, 11) is 0. The molecule has 2 heterocycles. The van der Waals surface area contributed by atoms with Gasteiger partial charge in [0, 0.05) is 43.0 Å². The van der Waals surface area contributed by atoms with E-state index in [2.05, 4.69) is 43.3 Å². The van der Waals surface area contributed by atoms with Gasteiger partial charge in [-0.2, -0.15) is 0 Å². The summed E-state index contributed by atoms with van der Waals surface area (Å²) in [5.41, 5.74) is 1.41. The Morgan fingerprint density at radius 2 is 2.29 bits per heavy atom. The zero-order chi connectivity index (χ0) is 12.5. The van der Waals surface area contributed by atoms with Gasteiger partial charge in [0.05, 0.1) is 10.7 Å². The first kappa shape index (κ1) is 13.0. The van der Waals surface area contributed by atoms with Crippen molar-refractivity contribution in [3.63, 3.8) is 0 Å². The van der Waals surface area contributed by atoms with Gasteiger partial charge in [0.1, 0.15) is 0 Å². The normalized spacial score (nSPS) is 22.9. The number of nitrogens with zero attached hydrogens (tertiary/aromatic N) is 2. The van der Waals surface area contributed by atoms with E-state index in [0.717, 1.165) is 26.2 Å². The summed E-state index contributed by atoms with van der Waals surface area (Å²) in [4.78, 5) is 7.25. The van der Waals surface area contributed by atoms with E-state index in [1.807, 2.05) is 0 Å². The Morgan fingerprint density at radius 3 is 2.88 bits per heavy atom. The summed E-state index contributed by atoms with van der Waals surface area (Å²) in [6.45, 7) is 13.3. The van der Waals surface area contributed by atoms with E-state index in [9.17, 15) is 0 Å². The number of hydrogen-bond donors (Lipinski definition) is 1. The average Bonchev–Trinajstić information content (AvgIpc) is 2.65. The van der Waals surface area contributed by atoms with Crippen molar-refractivity contribution in [3.8, 4) is 0 Å². The van der Waals surface area contributed by atoms with Crippen LogP contribution in [-0.2, 0) is 12.0 Å². The van der Waals surface area contributed by atoms with Gasteiger partial charge in [-0.3, -0.25) is 4.90 Å². The molecule has 1 fully saturated rings. The Kier molecular flexibility index (Phi) is 3.85. The smallest absolute Gasteiger partial charge is 0.0982 e. The highest BCUT2D eigenvalue weighted by Gasteiger charge is 2.20. The van der Waals surface area contributed by atoms with Crippen LogP contribution in [0, 0.1) is 0 Å². The Labute approximate surface area is 108 Å². The molecule has 0 spiro atoms. The fourth-order valence-electron chi connectivity index (χ4n) is 2.11. The molecule has 1 aromatic rings. The SMILES string of the molecule is CC1CN(Cc2csc(C(C)(C)C)n2)CCN1. The molecule has 0 aromatic carbocycles. The third kappa shape index (κ3) is 3.50. The third-order valence-corrected chi connectivity index (χ3v) is 4.35. The fourth-order valence-corrected chi connectivity index (χ4v) is 3.01. The minimum Gasteiger partial charge on any atom is -0.312 e. The van der Waals surface area contributed by atoms with Crippen molar-refractivity contribution in [2.24, 2.45) is 0 Å². The molecule has 1 aliphatic heterocycles. The minimum atomic E-state index is 0.180. The Bertz CT molecular complexity index is 367. The molecule has 17 heavy (non-hydrogen) atoms. The summed E-state index contributed by atoms with van der Waals surface area (Å²) in [5.74, 6) is 0. The largest absolute Gasteiger partial charge is 0.312 e. The molecular weight excluding hydrogens is 230 g/mol. The van der Waals surface area contributed by atoms with Crippen LogP contribution in [0.5, 0.6) is 0 Å². The van der Waals surface area contributed by atoms with E-state index in [-0.39, 0.29) is 5.41 Å². The standard InChI is InChI=1S/C13H23N3S/c1-10-7-16(6-5-14-10)8-11-9-17-12(15-11)13(2,3)4/h9-10,14H,5-8H2,1-4H3. The van der Waals surface area contributed by atoms with E-state index in [1.54, 1.807) is 11.3 Å². The molecular formula is C13H23N3S. The minimum absolute atomic E-state index is 0.180. The number of nitrogens with one attached hydrogen (secondary N) is 1. The molecule has 0 saturated carbocycles.